The first-order valence-corrected chi connectivity index (χ1v) is 14.4. The maximum absolute atomic E-state index is 12.8. The number of hydrogen-bond acceptors (Lipinski definition) is 4. The fourth-order valence-electron chi connectivity index (χ4n) is 5.56. The van der Waals surface area contributed by atoms with Gasteiger partial charge in [0.15, 0.2) is 0 Å². The van der Waals surface area contributed by atoms with E-state index in [4.69, 9.17) is 0 Å². The molecule has 214 valence electrons. The Morgan fingerprint density at radius 1 is 0.625 bits per heavy atom. The molecule has 0 aliphatic rings. The van der Waals surface area contributed by atoms with E-state index < -0.39 is 10.2 Å². The first-order valence-electron chi connectivity index (χ1n) is 13.5. The molecule has 0 unspecified atom stereocenters. The van der Waals surface area contributed by atoms with Gasteiger partial charge in [0.2, 0.25) is 10.2 Å². The van der Waals surface area contributed by atoms with Crippen molar-refractivity contribution in [3.63, 3.8) is 0 Å². The number of aryl methyl sites for hydroxylation is 2. The highest BCUT2D eigenvalue weighted by Gasteiger charge is 2.27. The van der Waals surface area contributed by atoms with E-state index in [1.54, 1.807) is 12.1 Å². The minimum Gasteiger partial charge on any atom is -0.507 e. The zero-order valence-electron chi connectivity index (χ0n) is 25.3. The third-order valence-corrected chi connectivity index (χ3v) is 8.50. The molecule has 3 aromatic rings. The van der Waals surface area contributed by atoms with Crippen LogP contribution in [0.4, 0.5) is 0 Å². The minimum absolute atomic E-state index is 0.240. The van der Waals surface area contributed by atoms with Gasteiger partial charge in [-0.05, 0) is 119 Å². The first-order chi connectivity index (χ1) is 18.3. The van der Waals surface area contributed by atoms with Crippen molar-refractivity contribution in [3.05, 3.63) is 91.0 Å². The average Bonchev–Trinajstić information content (AvgIpc) is 2.82. The van der Waals surface area contributed by atoms with E-state index in [2.05, 4.69) is 66.8 Å². The van der Waals surface area contributed by atoms with Crippen LogP contribution in [-0.4, -0.2) is 20.4 Å². The Bertz CT molecular complexity index is 1400. The second-order valence-electron chi connectivity index (χ2n) is 13.0. The lowest BCUT2D eigenvalue weighted by Gasteiger charge is -2.26. The van der Waals surface area contributed by atoms with Gasteiger partial charge in [-0.15, -0.1) is 25.3 Å². The number of rotatable bonds is 6. The van der Waals surface area contributed by atoms with E-state index in [1.807, 2.05) is 39.8 Å². The van der Waals surface area contributed by atoms with Gasteiger partial charge in [-0.25, -0.2) is 0 Å². The van der Waals surface area contributed by atoms with Gasteiger partial charge in [-0.1, -0.05) is 53.7 Å². The Labute approximate surface area is 250 Å². The maximum atomic E-state index is 12.8. The number of benzene rings is 3. The summed E-state index contributed by atoms with van der Waals surface area (Å²) in [4.78, 5) is 25.6. The van der Waals surface area contributed by atoms with Crippen molar-refractivity contribution in [1.82, 2.24) is 0 Å². The molecule has 0 saturated heterocycles. The highest BCUT2D eigenvalue weighted by Crippen LogP contribution is 2.40. The number of thiol groups is 2. The summed E-state index contributed by atoms with van der Waals surface area (Å²) in [6.45, 7) is 20.1. The lowest BCUT2D eigenvalue weighted by Crippen LogP contribution is -2.16. The third kappa shape index (κ3) is 6.13. The molecule has 3 aromatic carbocycles. The number of phenolic OH excluding ortho intramolecular Hbond substituents is 2. The molecule has 6 heteroatoms. The van der Waals surface area contributed by atoms with Crippen LogP contribution in [0.1, 0.15) is 118 Å². The lowest BCUT2D eigenvalue weighted by atomic mass is 9.79. The number of carbonyl (C=O) groups excluding carboxylic acids is 2. The van der Waals surface area contributed by atoms with Crippen molar-refractivity contribution in [3.8, 4) is 11.5 Å². The average molecular weight is 579 g/mol. The monoisotopic (exact) mass is 578 g/mol. The van der Waals surface area contributed by atoms with Crippen molar-refractivity contribution in [2.75, 3.05) is 0 Å². The Balaban J connectivity index is 2.34. The molecule has 0 atom stereocenters. The van der Waals surface area contributed by atoms with E-state index >= 15 is 0 Å². The Morgan fingerprint density at radius 3 is 1.18 bits per heavy atom. The van der Waals surface area contributed by atoms with Gasteiger partial charge < -0.3 is 10.2 Å². The molecule has 2 N–H and O–H groups in total. The number of aromatic hydroxyl groups is 2. The van der Waals surface area contributed by atoms with Crippen molar-refractivity contribution in [2.24, 2.45) is 0 Å². The van der Waals surface area contributed by atoms with Crippen LogP contribution < -0.4 is 0 Å². The second kappa shape index (κ2) is 11.3. The molecule has 0 amide bonds. The minimum atomic E-state index is -0.403. The van der Waals surface area contributed by atoms with Crippen LogP contribution in [0.5, 0.6) is 11.5 Å². The van der Waals surface area contributed by atoms with Gasteiger partial charge in [0.1, 0.15) is 11.5 Å². The van der Waals surface area contributed by atoms with Crippen molar-refractivity contribution < 1.29 is 19.8 Å². The molecule has 0 aliphatic carbocycles. The molecule has 40 heavy (non-hydrogen) atoms. The van der Waals surface area contributed by atoms with Crippen LogP contribution in [0, 0.1) is 27.7 Å². The molecule has 0 radical (unpaired) electrons. The van der Waals surface area contributed by atoms with Gasteiger partial charge in [0, 0.05) is 11.1 Å². The molecular formula is C34H42O4S2. The van der Waals surface area contributed by atoms with Crippen molar-refractivity contribution >= 4 is 35.5 Å². The standard InChI is InChI=1S/C34H42O4S2/c1-17-13-27(33(5,6)7)29(35)19(3)23(17)15-25-21(31(37)39)11-12-22(32(38)40)26(25)16-24-18(2)14-28(34(8,9)10)30(36)20(24)4/h11-14,35-36H,15-16H2,1-10H3,(H,37,39)(H,38,40). The van der Waals surface area contributed by atoms with Gasteiger partial charge in [-0.3, -0.25) is 9.59 Å². The highest BCUT2D eigenvalue weighted by molar-refractivity contribution is 7.97. The van der Waals surface area contributed by atoms with Crippen LogP contribution in [0.25, 0.3) is 0 Å². The van der Waals surface area contributed by atoms with Crippen molar-refractivity contribution in [1.29, 1.82) is 0 Å². The van der Waals surface area contributed by atoms with E-state index in [-0.39, 0.29) is 22.3 Å². The molecule has 0 saturated carbocycles. The predicted molar refractivity (Wildman–Crippen MR) is 171 cm³/mol. The molecule has 0 heterocycles. The van der Waals surface area contributed by atoms with Crippen LogP contribution in [-0.2, 0) is 23.7 Å². The molecular weight excluding hydrogens is 537 g/mol. The molecule has 0 bridgehead atoms. The van der Waals surface area contributed by atoms with E-state index in [9.17, 15) is 19.8 Å². The third-order valence-electron chi connectivity index (χ3n) is 8.01. The Kier molecular flexibility index (Phi) is 8.98. The SMILES string of the molecule is Cc1cc(C(C)(C)C)c(O)c(C)c1Cc1c(C(=O)S)ccc(C(=O)S)c1Cc1c(C)cc(C(C)(C)C)c(O)c1C. The smallest absolute Gasteiger partial charge is 0.216 e. The van der Waals surface area contributed by atoms with Gasteiger partial charge in [-0.2, -0.15) is 0 Å². The molecule has 0 fully saturated rings. The molecule has 4 nitrogen and oxygen atoms in total. The summed E-state index contributed by atoms with van der Waals surface area (Å²) in [6.07, 6.45) is 0.650. The number of carbonyl (C=O) groups is 2. The number of hydrogen-bond donors (Lipinski definition) is 4. The molecule has 0 aliphatic heterocycles. The predicted octanol–water partition coefficient (Wildman–Crippen LogP) is 8.25. The Morgan fingerprint density at radius 2 is 0.925 bits per heavy atom. The van der Waals surface area contributed by atoms with Gasteiger partial charge >= 0.3 is 0 Å². The van der Waals surface area contributed by atoms with Gasteiger partial charge in [0.25, 0.3) is 0 Å². The zero-order chi connectivity index (χ0) is 30.5. The van der Waals surface area contributed by atoms with E-state index in [1.165, 1.54) is 0 Å². The van der Waals surface area contributed by atoms with Crippen LogP contribution in [0.15, 0.2) is 24.3 Å². The van der Waals surface area contributed by atoms with Gasteiger partial charge in [0.05, 0.1) is 0 Å². The van der Waals surface area contributed by atoms with Crippen LogP contribution in [0.2, 0.25) is 0 Å². The van der Waals surface area contributed by atoms with Crippen molar-refractivity contribution in [2.45, 2.75) is 92.9 Å². The summed E-state index contributed by atoms with van der Waals surface area (Å²) in [5.74, 6) is 0.480. The molecule has 0 spiro atoms. The maximum Gasteiger partial charge on any atom is 0.216 e. The largest absolute Gasteiger partial charge is 0.507 e. The number of phenols is 2. The second-order valence-corrected chi connectivity index (χ2v) is 13.8. The van der Waals surface area contributed by atoms with Crippen LogP contribution in [0.3, 0.4) is 0 Å². The summed E-state index contributed by atoms with van der Waals surface area (Å²) >= 11 is 8.36. The fourth-order valence-corrected chi connectivity index (χ4v) is 5.98. The fraction of sp³-hybridized carbons (Fsp3) is 0.412. The summed E-state index contributed by atoms with van der Waals surface area (Å²) in [7, 11) is 0. The Hall–Kier alpha value is -2.70. The molecule has 3 rings (SSSR count). The summed E-state index contributed by atoms with van der Waals surface area (Å²) < 4.78 is 0. The van der Waals surface area contributed by atoms with E-state index in [0.29, 0.717) is 35.1 Å². The summed E-state index contributed by atoms with van der Waals surface area (Å²) in [5.41, 5.74) is 8.64. The topological polar surface area (TPSA) is 74.6 Å². The lowest BCUT2D eigenvalue weighted by molar-refractivity contribution is 0.107. The zero-order valence-corrected chi connectivity index (χ0v) is 27.1. The summed E-state index contributed by atoms with van der Waals surface area (Å²) in [5, 5.41) is 21.5. The van der Waals surface area contributed by atoms with E-state index in [0.717, 1.165) is 44.5 Å². The first kappa shape index (κ1) is 31.8. The molecule has 0 aromatic heterocycles. The van der Waals surface area contributed by atoms with Crippen LogP contribution >= 0.6 is 25.3 Å². The summed E-state index contributed by atoms with van der Waals surface area (Å²) in [6, 6.07) is 7.27. The highest BCUT2D eigenvalue weighted by atomic mass is 32.1. The normalized spacial score (nSPS) is 12.1. The quantitative estimate of drug-likeness (QED) is 0.222.